The standard InChI is InChI=1S/C13H16O3/c1-15-13(14)11-7-12(8-11)16-9-10-5-3-2-4-6-10/h2-6,11-12H,7-9H2,1H3/t11-,12-. The fourth-order valence-electron chi connectivity index (χ4n) is 1.85. The minimum Gasteiger partial charge on any atom is -0.469 e. The summed E-state index contributed by atoms with van der Waals surface area (Å²) < 4.78 is 10.4. The van der Waals surface area contributed by atoms with Crippen LogP contribution in [0, 0.1) is 5.92 Å². The van der Waals surface area contributed by atoms with E-state index < -0.39 is 0 Å². The third-order valence-electron chi connectivity index (χ3n) is 2.96. The molecule has 3 nitrogen and oxygen atoms in total. The van der Waals surface area contributed by atoms with E-state index in [0.717, 1.165) is 12.8 Å². The van der Waals surface area contributed by atoms with E-state index in [1.807, 2.05) is 30.3 Å². The predicted octanol–water partition coefficient (Wildman–Crippen LogP) is 2.15. The second-order valence-electron chi connectivity index (χ2n) is 4.11. The normalized spacial score (nSPS) is 23.6. The largest absolute Gasteiger partial charge is 0.469 e. The van der Waals surface area contributed by atoms with Gasteiger partial charge in [-0.05, 0) is 18.4 Å². The van der Waals surface area contributed by atoms with Gasteiger partial charge in [-0.15, -0.1) is 0 Å². The molecule has 0 saturated heterocycles. The molecule has 0 aromatic heterocycles. The summed E-state index contributed by atoms with van der Waals surface area (Å²) >= 11 is 0. The Kier molecular flexibility index (Phi) is 3.57. The lowest BCUT2D eigenvalue weighted by Crippen LogP contribution is -2.36. The number of carbonyl (C=O) groups excluding carboxylic acids is 1. The van der Waals surface area contributed by atoms with Gasteiger partial charge >= 0.3 is 5.97 Å². The minimum atomic E-state index is -0.112. The van der Waals surface area contributed by atoms with Crippen molar-refractivity contribution in [2.24, 2.45) is 5.92 Å². The van der Waals surface area contributed by atoms with Gasteiger partial charge in [-0.1, -0.05) is 30.3 Å². The number of hydrogen-bond donors (Lipinski definition) is 0. The van der Waals surface area contributed by atoms with Crippen LogP contribution in [0.2, 0.25) is 0 Å². The van der Waals surface area contributed by atoms with Crippen LogP contribution in [-0.2, 0) is 20.9 Å². The maximum absolute atomic E-state index is 11.1. The third-order valence-corrected chi connectivity index (χ3v) is 2.96. The molecule has 1 aromatic rings. The first-order valence-electron chi connectivity index (χ1n) is 5.53. The Bertz CT molecular complexity index is 341. The highest BCUT2D eigenvalue weighted by Crippen LogP contribution is 2.31. The fourth-order valence-corrected chi connectivity index (χ4v) is 1.85. The van der Waals surface area contributed by atoms with Gasteiger partial charge in [-0.2, -0.15) is 0 Å². The van der Waals surface area contributed by atoms with Crippen LogP contribution < -0.4 is 0 Å². The molecule has 0 atom stereocenters. The van der Waals surface area contributed by atoms with E-state index >= 15 is 0 Å². The fraction of sp³-hybridized carbons (Fsp3) is 0.462. The molecular weight excluding hydrogens is 204 g/mol. The number of rotatable bonds is 4. The van der Waals surface area contributed by atoms with Crippen molar-refractivity contribution in [1.82, 2.24) is 0 Å². The first-order valence-corrected chi connectivity index (χ1v) is 5.53. The van der Waals surface area contributed by atoms with Crippen molar-refractivity contribution in [2.45, 2.75) is 25.6 Å². The van der Waals surface area contributed by atoms with E-state index in [0.29, 0.717) is 6.61 Å². The van der Waals surface area contributed by atoms with Crippen LogP contribution >= 0.6 is 0 Å². The molecule has 0 amide bonds. The van der Waals surface area contributed by atoms with Crippen molar-refractivity contribution in [2.75, 3.05) is 7.11 Å². The van der Waals surface area contributed by atoms with Crippen LogP contribution in [0.25, 0.3) is 0 Å². The van der Waals surface area contributed by atoms with Crippen molar-refractivity contribution in [3.05, 3.63) is 35.9 Å². The van der Waals surface area contributed by atoms with Gasteiger partial charge in [0.2, 0.25) is 0 Å². The van der Waals surface area contributed by atoms with Crippen molar-refractivity contribution >= 4 is 5.97 Å². The zero-order chi connectivity index (χ0) is 11.4. The Morgan fingerprint density at radius 1 is 1.31 bits per heavy atom. The van der Waals surface area contributed by atoms with Crippen molar-refractivity contribution < 1.29 is 14.3 Å². The molecule has 0 unspecified atom stereocenters. The molecule has 1 saturated carbocycles. The molecule has 86 valence electrons. The van der Waals surface area contributed by atoms with Gasteiger partial charge in [0, 0.05) is 0 Å². The van der Waals surface area contributed by atoms with Gasteiger partial charge in [0.15, 0.2) is 0 Å². The Hall–Kier alpha value is -1.35. The smallest absolute Gasteiger partial charge is 0.308 e. The number of carbonyl (C=O) groups is 1. The molecule has 3 heteroatoms. The number of esters is 1. The summed E-state index contributed by atoms with van der Waals surface area (Å²) in [6, 6.07) is 10.1. The topological polar surface area (TPSA) is 35.5 Å². The second kappa shape index (κ2) is 5.12. The van der Waals surface area contributed by atoms with Crippen LogP contribution in [0.3, 0.4) is 0 Å². The molecule has 0 heterocycles. The van der Waals surface area contributed by atoms with Crippen LogP contribution in [0.4, 0.5) is 0 Å². The summed E-state index contributed by atoms with van der Waals surface area (Å²) in [5.41, 5.74) is 1.17. The van der Waals surface area contributed by atoms with E-state index in [2.05, 4.69) is 4.74 Å². The van der Waals surface area contributed by atoms with E-state index in [1.165, 1.54) is 12.7 Å². The monoisotopic (exact) mass is 220 g/mol. The molecule has 0 spiro atoms. The van der Waals surface area contributed by atoms with Gasteiger partial charge in [-0.25, -0.2) is 0 Å². The van der Waals surface area contributed by atoms with Crippen LogP contribution in [0.1, 0.15) is 18.4 Å². The number of benzene rings is 1. The predicted molar refractivity (Wildman–Crippen MR) is 59.8 cm³/mol. The molecule has 0 aliphatic heterocycles. The zero-order valence-electron chi connectivity index (χ0n) is 9.39. The Morgan fingerprint density at radius 3 is 2.62 bits per heavy atom. The van der Waals surface area contributed by atoms with E-state index in [-0.39, 0.29) is 18.0 Å². The Morgan fingerprint density at radius 2 is 2.00 bits per heavy atom. The van der Waals surface area contributed by atoms with Crippen LogP contribution in [0.15, 0.2) is 30.3 Å². The van der Waals surface area contributed by atoms with E-state index in [9.17, 15) is 4.79 Å². The Labute approximate surface area is 95.4 Å². The Balaban J connectivity index is 1.69. The number of hydrogen-bond acceptors (Lipinski definition) is 3. The molecule has 1 aliphatic carbocycles. The molecule has 0 radical (unpaired) electrons. The highest BCUT2D eigenvalue weighted by molar-refractivity contribution is 5.73. The van der Waals surface area contributed by atoms with Gasteiger partial charge in [-0.3, -0.25) is 4.79 Å². The number of methoxy groups -OCH3 is 1. The minimum absolute atomic E-state index is 0.0470. The molecular formula is C13H16O3. The summed E-state index contributed by atoms with van der Waals surface area (Å²) in [7, 11) is 1.43. The SMILES string of the molecule is COC(=O)[C@H]1C[C@H](OCc2ccccc2)C1. The lowest BCUT2D eigenvalue weighted by atomic mass is 9.82. The summed E-state index contributed by atoms with van der Waals surface area (Å²) in [4.78, 5) is 11.1. The highest BCUT2D eigenvalue weighted by atomic mass is 16.5. The molecule has 1 aliphatic rings. The molecule has 16 heavy (non-hydrogen) atoms. The quantitative estimate of drug-likeness (QED) is 0.729. The molecule has 1 aromatic carbocycles. The molecule has 2 rings (SSSR count). The maximum atomic E-state index is 11.1. The van der Waals surface area contributed by atoms with Crippen molar-refractivity contribution in [3.63, 3.8) is 0 Å². The summed E-state index contributed by atoms with van der Waals surface area (Å²) in [5, 5.41) is 0. The highest BCUT2D eigenvalue weighted by Gasteiger charge is 2.35. The van der Waals surface area contributed by atoms with E-state index in [1.54, 1.807) is 0 Å². The average Bonchev–Trinajstić information content (AvgIpc) is 2.28. The first-order chi connectivity index (χ1) is 7.79. The molecule has 0 bridgehead atoms. The van der Waals surface area contributed by atoms with Crippen molar-refractivity contribution in [3.8, 4) is 0 Å². The van der Waals surface area contributed by atoms with Crippen LogP contribution in [-0.4, -0.2) is 19.2 Å². The molecule has 0 N–H and O–H groups in total. The first kappa shape index (κ1) is 11.1. The average molecular weight is 220 g/mol. The summed E-state index contributed by atoms with van der Waals surface area (Å²) in [6.45, 7) is 0.624. The summed E-state index contributed by atoms with van der Waals surface area (Å²) in [6.07, 6.45) is 1.79. The van der Waals surface area contributed by atoms with Crippen molar-refractivity contribution in [1.29, 1.82) is 0 Å². The number of ether oxygens (including phenoxy) is 2. The van der Waals surface area contributed by atoms with Gasteiger partial charge in [0.05, 0.1) is 25.7 Å². The second-order valence-corrected chi connectivity index (χ2v) is 4.11. The zero-order valence-corrected chi connectivity index (χ0v) is 9.39. The summed E-state index contributed by atoms with van der Waals surface area (Å²) in [5.74, 6) is -0.0645. The lowest BCUT2D eigenvalue weighted by Gasteiger charge is -2.32. The van der Waals surface area contributed by atoms with Crippen LogP contribution in [0.5, 0.6) is 0 Å². The lowest BCUT2D eigenvalue weighted by molar-refractivity contribution is -0.155. The van der Waals surface area contributed by atoms with Gasteiger partial charge in [0.1, 0.15) is 0 Å². The molecule has 1 fully saturated rings. The van der Waals surface area contributed by atoms with Gasteiger partial charge in [0.25, 0.3) is 0 Å². The van der Waals surface area contributed by atoms with E-state index in [4.69, 9.17) is 4.74 Å². The van der Waals surface area contributed by atoms with Gasteiger partial charge < -0.3 is 9.47 Å². The third kappa shape index (κ3) is 2.61. The maximum Gasteiger partial charge on any atom is 0.308 e.